The second-order valence-corrected chi connectivity index (χ2v) is 9.81. The summed E-state index contributed by atoms with van der Waals surface area (Å²) in [5.74, 6) is 3.33. The van der Waals surface area contributed by atoms with Crippen molar-refractivity contribution in [1.82, 2.24) is 29.7 Å². The van der Waals surface area contributed by atoms with Crippen molar-refractivity contribution in [2.24, 2.45) is 13.0 Å². The number of anilines is 1. The van der Waals surface area contributed by atoms with Gasteiger partial charge in [0.15, 0.2) is 0 Å². The molecule has 1 aliphatic heterocycles. The number of nitrogen functional groups attached to an aromatic ring is 1. The number of amides is 1. The Labute approximate surface area is 203 Å². The van der Waals surface area contributed by atoms with Crippen LogP contribution in [0.25, 0.3) is 32.8 Å². The van der Waals surface area contributed by atoms with E-state index in [1.807, 2.05) is 25.1 Å². The minimum absolute atomic E-state index is 0.0859. The number of nitrogens with zero attached hydrogens (tertiary/aromatic N) is 5. The van der Waals surface area contributed by atoms with E-state index in [1.165, 1.54) is 11.9 Å². The minimum atomic E-state index is -0.0859. The summed E-state index contributed by atoms with van der Waals surface area (Å²) in [5.41, 5.74) is 13.1. The van der Waals surface area contributed by atoms with E-state index >= 15 is 0 Å². The molecular weight excluding hydrogens is 438 g/mol. The van der Waals surface area contributed by atoms with Crippen molar-refractivity contribution in [2.75, 3.05) is 19.3 Å². The van der Waals surface area contributed by atoms with Gasteiger partial charge in [0, 0.05) is 30.3 Å². The summed E-state index contributed by atoms with van der Waals surface area (Å²) >= 11 is 0. The Kier molecular flexibility index (Phi) is 4.94. The largest absolute Gasteiger partial charge is 0.383 e. The van der Waals surface area contributed by atoms with E-state index in [0.717, 1.165) is 76.2 Å². The quantitative estimate of drug-likeness (QED) is 0.440. The van der Waals surface area contributed by atoms with E-state index < -0.39 is 0 Å². The highest BCUT2D eigenvalue weighted by molar-refractivity contribution is 6.22. The smallest absolute Gasteiger partial charge is 0.227 e. The summed E-state index contributed by atoms with van der Waals surface area (Å²) in [4.78, 5) is 29.4. The van der Waals surface area contributed by atoms with Crippen molar-refractivity contribution in [3.63, 3.8) is 0 Å². The number of hydrogen-bond acceptors (Lipinski definition) is 6. The second-order valence-electron chi connectivity index (χ2n) is 9.81. The number of aromatic nitrogens is 4. The topological polar surface area (TPSA) is 102 Å². The van der Waals surface area contributed by atoms with Gasteiger partial charge in [-0.25, -0.2) is 15.0 Å². The Morgan fingerprint density at radius 3 is 2.83 bits per heavy atom. The van der Waals surface area contributed by atoms with Crippen LogP contribution in [0.5, 0.6) is 0 Å². The Hall–Kier alpha value is -3.70. The molecular formula is C27H29N7O. The molecule has 2 aliphatic rings. The number of pyridine rings is 1. The number of hydrogen-bond donors (Lipinski definition) is 2. The lowest BCUT2D eigenvalue weighted by molar-refractivity contribution is -0.137. The fourth-order valence-corrected chi connectivity index (χ4v) is 6.36. The molecule has 6 rings (SSSR count). The molecule has 3 N–H and O–H groups in total. The van der Waals surface area contributed by atoms with E-state index in [-0.39, 0.29) is 18.0 Å². The lowest BCUT2D eigenvalue weighted by Gasteiger charge is -2.32. The van der Waals surface area contributed by atoms with Gasteiger partial charge in [0.2, 0.25) is 5.91 Å². The molecule has 0 spiro atoms. The van der Waals surface area contributed by atoms with E-state index in [0.29, 0.717) is 17.9 Å². The van der Waals surface area contributed by atoms with Gasteiger partial charge < -0.3 is 20.5 Å². The highest BCUT2D eigenvalue weighted by Crippen LogP contribution is 2.44. The average Bonchev–Trinajstić information content (AvgIpc) is 3.46. The van der Waals surface area contributed by atoms with Crippen LogP contribution in [-0.4, -0.2) is 50.1 Å². The molecule has 35 heavy (non-hydrogen) atoms. The molecule has 4 aromatic rings. The van der Waals surface area contributed by atoms with Crippen LogP contribution in [0.2, 0.25) is 0 Å². The summed E-state index contributed by atoms with van der Waals surface area (Å²) in [7, 11) is 3.94. The zero-order chi connectivity index (χ0) is 24.4. The maximum Gasteiger partial charge on any atom is 0.227 e. The summed E-state index contributed by atoms with van der Waals surface area (Å²) in [6.45, 7) is 2.87. The van der Waals surface area contributed by atoms with Gasteiger partial charge in [-0.3, -0.25) is 4.79 Å². The number of likely N-dealkylation sites (tertiary alicyclic amines) is 1. The Bertz CT molecular complexity index is 1580. The normalized spacial score (nSPS) is 20.0. The van der Waals surface area contributed by atoms with Gasteiger partial charge in [0.25, 0.3) is 0 Å². The molecule has 1 aromatic carbocycles. The van der Waals surface area contributed by atoms with Crippen molar-refractivity contribution < 1.29 is 4.79 Å². The van der Waals surface area contributed by atoms with Crippen LogP contribution in [-0.2, 0) is 24.7 Å². The van der Waals surface area contributed by atoms with E-state index in [4.69, 9.17) is 17.1 Å². The second kappa shape index (κ2) is 7.92. The monoisotopic (exact) mass is 467 g/mol. The first kappa shape index (κ1) is 21.8. The molecule has 0 bridgehead atoms. The van der Waals surface area contributed by atoms with E-state index in [9.17, 15) is 4.79 Å². The zero-order valence-electron chi connectivity index (χ0n) is 20.4. The van der Waals surface area contributed by atoms with Crippen LogP contribution < -0.4 is 11.1 Å². The van der Waals surface area contributed by atoms with Gasteiger partial charge in [0.1, 0.15) is 23.5 Å². The van der Waals surface area contributed by atoms with Gasteiger partial charge in [-0.2, -0.15) is 0 Å². The summed E-state index contributed by atoms with van der Waals surface area (Å²) in [5, 5.41) is 6.30. The van der Waals surface area contributed by atoms with Crippen LogP contribution in [0.15, 0.2) is 12.4 Å². The third-order valence-electron chi connectivity index (χ3n) is 7.96. The number of carbonyl (C=O) groups is 1. The number of carbonyl (C=O) groups excluding carboxylic acids is 1. The van der Waals surface area contributed by atoms with Crippen LogP contribution in [0.1, 0.15) is 41.6 Å². The van der Waals surface area contributed by atoms with Crippen LogP contribution in [0.4, 0.5) is 5.82 Å². The van der Waals surface area contributed by atoms with Crippen molar-refractivity contribution in [2.45, 2.75) is 45.2 Å². The van der Waals surface area contributed by atoms with Crippen LogP contribution >= 0.6 is 0 Å². The summed E-state index contributed by atoms with van der Waals surface area (Å²) in [6.07, 6.45) is 11.6. The van der Waals surface area contributed by atoms with Gasteiger partial charge >= 0.3 is 0 Å². The van der Waals surface area contributed by atoms with E-state index in [1.54, 1.807) is 0 Å². The molecule has 4 heterocycles. The molecule has 178 valence electrons. The first-order valence-electron chi connectivity index (χ1n) is 12.2. The number of rotatable bonds is 2. The number of nitrogens with two attached hydrogens (primary N) is 1. The number of nitrogens with one attached hydrogen (secondary N) is 1. The van der Waals surface area contributed by atoms with Crippen molar-refractivity contribution >= 4 is 44.6 Å². The average molecular weight is 468 g/mol. The number of aryl methyl sites for hydroxylation is 3. The van der Waals surface area contributed by atoms with Crippen LogP contribution in [0, 0.1) is 25.2 Å². The Morgan fingerprint density at radius 2 is 2.06 bits per heavy atom. The van der Waals surface area contributed by atoms with Crippen LogP contribution in [0.3, 0.4) is 0 Å². The highest BCUT2D eigenvalue weighted by Gasteiger charge is 2.36. The van der Waals surface area contributed by atoms with Gasteiger partial charge in [-0.15, -0.1) is 6.42 Å². The molecule has 1 saturated heterocycles. The molecule has 0 radical (unpaired) electrons. The molecule has 2 atom stereocenters. The molecule has 1 aliphatic carbocycles. The maximum absolute atomic E-state index is 13.6. The SMILES string of the molecule is C#Cc1cc(C)c2c(n1)c1c(c3c4c(N)ncnc4n(C)c23)CC[C@H](C(=O)N2CCC[C@H]2NC)C1. The maximum atomic E-state index is 13.6. The summed E-state index contributed by atoms with van der Waals surface area (Å²) < 4.78 is 2.09. The fourth-order valence-electron chi connectivity index (χ4n) is 6.36. The molecule has 0 unspecified atom stereocenters. The first-order valence-corrected chi connectivity index (χ1v) is 12.2. The predicted molar refractivity (Wildman–Crippen MR) is 138 cm³/mol. The summed E-state index contributed by atoms with van der Waals surface area (Å²) in [6, 6.07) is 1.95. The predicted octanol–water partition coefficient (Wildman–Crippen LogP) is 2.81. The molecule has 8 heteroatoms. The van der Waals surface area contributed by atoms with Gasteiger partial charge in [0.05, 0.1) is 22.6 Å². The molecule has 0 saturated carbocycles. The molecule has 3 aromatic heterocycles. The lowest BCUT2D eigenvalue weighted by Crippen LogP contribution is -2.46. The first-order chi connectivity index (χ1) is 16.9. The Morgan fingerprint density at radius 1 is 1.23 bits per heavy atom. The standard InChI is InChI=1S/C27H29N7O/c1-5-16-11-14(2)20-23(32-16)18-12-15(27(35)34-10-6-7-19(34)29-3)8-9-17(18)21-22-25(28)30-13-31-26(22)33(4)24(20)21/h1,11,13,15,19,29H,6-10,12H2,2-4H3,(H2,28,30,31)/t15-,19-/m0/s1. The van der Waals surface area contributed by atoms with Crippen molar-refractivity contribution in [1.29, 1.82) is 0 Å². The van der Waals surface area contributed by atoms with Crippen molar-refractivity contribution in [3.05, 3.63) is 34.8 Å². The number of benzene rings is 1. The highest BCUT2D eigenvalue weighted by atomic mass is 16.2. The molecule has 1 amide bonds. The van der Waals surface area contributed by atoms with Gasteiger partial charge in [-0.1, -0.05) is 5.92 Å². The minimum Gasteiger partial charge on any atom is -0.383 e. The number of fused-ring (bicyclic) bond motifs is 8. The third-order valence-corrected chi connectivity index (χ3v) is 7.96. The fraction of sp³-hybridized carbons (Fsp3) is 0.407. The molecule has 1 fully saturated rings. The van der Waals surface area contributed by atoms with E-state index in [2.05, 4.69) is 32.7 Å². The molecule has 8 nitrogen and oxygen atoms in total. The Balaban J connectivity index is 1.64. The lowest BCUT2D eigenvalue weighted by atomic mass is 9.79. The van der Waals surface area contributed by atoms with Crippen molar-refractivity contribution in [3.8, 4) is 12.3 Å². The zero-order valence-corrected chi connectivity index (χ0v) is 20.4. The number of terminal acetylenes is 1. The van der Waals surface area contributed by atoms with Gasteiger partial charge in [-0.05, 0) is 68.8 Å². The third kappa shape index (κ3) is 3.04.